The Labute approximate surface area is 158 Å². The number of piperidine rings is 1. The average molecular weight is 394 g/mol. The lowest BCUT2D eigenvalue weighted by Gasteiger charge is -2.30. The van der Waals surface area contributed by atoms with Crippen LogP contribution in [0.4, 0.5) is 0 Å². The van der Waals surface area contributed by atoms with E-state index in [9.17, 15) is 13.2 Å². The van der Waals surface area contributed by atoms with E-state index in [1.807, 2.05) is 19.9 Å². The molecule has 0 unspecified atom stereocenters. The van der Waals surface area contributed by atoms with E-state index in [1.54, 1.807) is 35.7 Å². The number of benzene rings is 1. The molecule has 26 heavy (non-hydrogen) atoms. The van der Waals surface area contributed by atoms with E-state index in [-0.39, 0.29) is 24.3 Å². The first-order chi connectivity index (χ1) is 12.4. The molecule has 1 aliphatic heterocycles. The van der Waals surface area contributed by atoms with Gasteiger partial charge >= 0.3 is 0 Å². The van der Waals surface area contributed by atoms with E-state index < -0.39 is 10.0 Å². The van der Waals surface area contributed by atoms with Gasteiger partial charge in [0.1, 0.15) is 9.96 Å². The first kappa shape index (κ1) is 19.1. The fraction of sp³-hybridized carbons (Fsp3) is 0.421. The van der Waals surface area contributed by atoms with Crippen LogP contribution in [-0.4, -0.2) is 37.7 Å². The zero-order valence-corrected chi connectivity index (χ0v) is 16.6. The summed E-state index contributed by atoms with van der Waals surface area (Å²) in [6.45, 7) is 4.56. The van der Waals surface area contributed by atoms with Crippen LogP contribution in [0.15, 0.2) is 46.0 Å². The van der Waals surface area contributed by atoms with Gasteiger partial charge in [0.05, 0.1) is 6.10 Å². The standard InChI is InChI=1S/C19H23NO4S2/c1-14(2)24-17-8-3-6-15(12-17)19(21)16-7-4-10-20(13-16)26(22,23)18-9-5-11-25-18/h3,5-6,8-9,11-12,14,16H,4,7,10,13H2,1-2H3/t16-/m1/s1. The Bertz CT molecular complexity index is 859. The highest BCUT2D eigenvalue weighted by Gasteiger charge is 2.34. The lowest BCUT2D eigenvalue weighted by Crippen LogP contribution is -2.42. The van der Waals surface area contributed by atoms with Crippen LogP contribution in [0.1, 0.15) is 37.0 Å². The Morgan fingerprint density at radius 1 is 1.27 bits per heavy atom. The third-order valence-corrected chi connectivity index (χ3v) is 7.57. The maximum Gasteiger partial charge on any atom is 0.252 e. The number of nitrogens with zero attached hydrogens (tertiary/aromatic N) is 1. The third kappa shape index (κ3) is 4.16. The molecule has 0 radical (unpaired) electrons. The molecule has 0 aliphatic carbocycles. The number of sulfonamides is 1. The Hall–Kier alpha value is -1.70. The Morgan fingerprint density at radius 2 is 2.08 bits per heavy atom. The van der Waals surface area contributed by atoms with Gasteiger partial charge in [-0.25, -0.2) is 8.42 Å². The molecule has 0 bridgehead atoms. The maximum atomic E-state index is 12.9. The van der Waals surface area contributed by atoms with E-state index in [0.29, 0.717) is 34.9 Å². The molecule has 0 spiro atoms. The molecular weight excluding hydrogens is 370 g/mol. The van der Waals surface area contributed by atoms with E-state index >= 15 is 0 Å². The monoisotopic (exact) mass is 393 g/mol. The number of thiophene rings is 1. The zero-order valence-electron chi connectivity index (χ0n) is 14.9. The molecule has 7 heteroatoms. The Kier molecular flexibility index (Phi) is 5.79. The molecule has 5 nitrogen and oxygen atoms in total. The summed E-state index contributed by atoms with van der Waals surface area (Å²) in [7, 11) is -3.52. The first-order valence-corrected chi connectivity index (χ1v) is 11.0. The number of hydrogen-bond donors (Lipinski definition) is 0. The largest absolute Gasteiger partial charge is 0.491 e. The van der Waals surface area contributed by atoms with Crippen molar-refractivity contribution in [2.24, 2.45) is 5.92 Å². The molecule has 1 atom stereocenters. The van der Waals surface area contributed by atoms with E-state index in [1.165, 1.54) is 15.6 Å². The van der Waals surface area contributed by atoms with Gasteiger partial charge in [0.25, 0.3) is 10.0 Å². The molecule has 3 rings (SSSR count). The van der Waals surface area contributed by atoms with Gasteiger partial charge in [0, 0.05) is 24.6 Å². The number of carbonyl (C=O) groups is 1. The Morgan fingerprint density at radius 3 is 2.77 bits per heavy atom. The minimum atomic E-state index is -3.52. The van der Waals surface area contributed by atoms with E-state index in [0.717, 1.165) is 0 Å². The normalized spacial score (nSPS) is 18.8. The second-order valence-corrected chi connectivity index (χ2v) is 9.81. The third-order valence-electron chi connectivity index (χ3n) is 4.33. The molecule has 1 saturated heterocycles. The van der Waals surface area contributed by atoms with Gasteiger partial charge in [-0.15, -0.1) is 11.3 Å². The molecule has 1 aromatic heterocycles. The molecule has 2 heterocycles. The van der Waals surface area contributed by atoms with Crippen LogP contribution in [0, 0.1) is 5.92 Å². The van der Waals surface area contributed by atoms with Gasteiger partial charge in [-0.3, -0.25) is 4.79 Å². The molecular formula is C19H23NO4S2. The quantitative estimate of drug-likeness (QED) is 0.700. The summed E-state index contributed by atoms with van der Waals surface area (Å²) in [6.07, 6.45) is 1.41. The highest BCUT2D eigenvalue weighted by molar-refractivity contribution is 7.91. The predicted molar refractivity (Wildman–Crippen MR) is 102 cm³/mol. The second-order valence-electron chi connectivity index (χ2n) is 6.69. The molecule has 0 N–H and O–H groups in total. The molecule has 1 aromatic carbocycles. The van der Waals surface area contributed by atoms with Crippen molar-refractivity contribution in [2.75, 3.05) is 13.1 Å². The molecule has 0 saturated carbocycles. The number of Topliss-reactive ketones (excluding diaryl/α,β-unsaturated/α-hetero) is 1. The average Bonchev–Trinajstić information content (AvgIpc) is 3.16. The number of ether oxygens (including phenoxy) is 1. The molecule has 0 amide bonds. The summed E-state index contributed by atoms with van der Waals surface area (Å²) in [5, 5.41) is 1.75. The van der Waals surface area contributed by atoms with Crippen LogP contribution in [0.2, 0.25) is 0 Å². The van der Waals surface area contributed by atoms with Gasteiger partial charge in [-0.2, -0.15) is 4.31 Å². The van der Waals surface area contributed by atoms with Gasteiger partial charge < -0.3 is 4.74 Å². The molecule has 1 fully saturated rings. The van der Waals surface area contributed by atoms with Crippen molar-refractivity contribution in [1.82, 2.24) is 4.31 Å². The first-order valence-electron chi connectivity index (χ1n) is 8.72. The summed E-state index contributed by atoms with van der Waals surface area (Å²) in [5.41, 5.74) is 0.573. The van der Waals surface area contributed by atoms with Crippen LogP contribution in [0.25, 0.3) is 0 Å². The molecule has 2 aromatic rings. The summed E-state index contributed by atoms with van der Waals surface area (Å²) in [4.78, 5) is 12.9. The van der Waals surface area contributed by atoms with Gasteiger partial charge in [-0.1, -0.05) is 18.2 Å². The summed E-state index contributed by atoms with van der Waals surface area (Å²) in [6, 6.07) is 10.5. The van der Waals surface area contributed by atoms with Gasteiger partial charge in [-0.05, 0) is 50.3 Å². The highest BCUT2D eigenvalue weighted by Crippen LogP contribution is 2.28. The predicted octanol–water partition coefficient (Wildman–Crippen LogP) is 3.82. The van der Waals surface area contributed by atoms with Crippen molar-refractivity contribution < 1.29 is 17.9 Å². The van der Waals surface area contributed by atoms with Crippen LogP contribution in [0.3, 0.4) is 0 Å². The fourth-order valence-corrected chi connectivity index (χ4v) is 5.81. The van der Waals surface area contributed by atoms with Crippen molar-refractivity contribution in [3.05, 3.63) is 47.3 Å². The van der Waals surface area contributed by atoms with Crippen molar-refractivity contribution in [3.63, 3.8) is 0 Å². The van der Waals surface area contributed by atoms with Gasteiger partial charge in [0.15, 0.2) is 5.78 Å². The van der Waals surface area contributed by atoms with Crippen molar-refractivity contribution >= 4 is 27.1 Å². The molecule has 1 aliphatic rings. The van der Waals surface area contributed by atoms with E-state index in [4.69, 9.17) is 4.74 Å². The molecule has 140 valence electrons. The minimum absolute atomic E-state index is 0.0229. The second kappa shape index (κ2) is 7.90. The smallest absolute Gasteiger partial charge is 0.252 e. The minimum Gasteiger partial charge on any atom is -0.491 e. The lowest BCUT2D eigenvalue weighted by atomic mass is 9.91. The van der Waals surface area contributed by atoms with Crippen LogP contribution < -0.4 is 4.74 Å². The summed E-state index contributed by atoms with van der Waals surface area (Å²) < 4.78 is 32.9. The lowest BCUT2D eigenvalue weighted by molar-refractivity contribution is 0.0871. The van der Waals surface area contributed by atoms with Crippen molar-refractivity contribution in [1.29, 1.82) is 0 Å². The highest BCUT2D eigenvalue weighted by atomic mass is 32.2. The number of carbonyl (C=O) groups excluding carboxylic acids is 1. The summed E-state index contributed by atoms with van der Waals surface area (Å²) in [5.74, 6) is 0.308. The van der Waals surface area contributed by atoms with Gasteiger partial charge in [0.2, 0.25) is 0 Å². The van der Waals surface area contributed by atoms with Crippen molar-refractivity contribution in [3.8, 4) is 5.75 Å². The summed E-state index contributed by atoms with van der Waals surface area (Å²) >= 11 is 1.21. The number of ketones is 1. The number of rotatable bonds is 6. The van der Waals surface area contributed by atoms with Crippen LogP contribution in [0.5, 0.6) is 5.75 Å². The topological polar surface area (TPSA) is 63.7 Å². The van der Waals surface area contributed by atoms with Crippen molar-refractivity contribution in [2.45, 2.75) is 37.0 Å². The maximum absolute atomic E-state index is 12.9. The zero-order chi connectivity index (χ0) is 18.7. The number of hydrogen-bond acceptors (Lipinski definition) is 5. The SMILES string of the molecule is CC(C)Oc1cccc(C(=O)[C@@H]2CCCN(S(=O)(=O)c3cccs3)C2)c1. The van der Waals surface area contributed by atoms with E-state index in [2.05, 4.69) is 0 Å². The van der Waals surface area contributed by atoms with Crippen LogP contribution in [-0.2, 0) is 10.0 Å². The van der Waals surface area contributed by atoms with Crippen LogP contribution >= 0.6 is 11.3 Å². The Balaban J connectivity index is 1.76. The fourth-order valence-electron chi connectivity index (χ4n) is 3.14.